The fraction of sp³-hybridized carbons (Fsp3) is 0.528. The van der Waals surface area contributed by atoms with Gasteiger partial charge in [0.05, 0.1) is 59.6 Å². The van der Waals surface area contributed by atoms with Crippen LogP contribution < -0.4 is 5.32 Å². The molecule has 0 radical (unpaired) electrons. The lowest BCUT2D eigenvalue weighted by Crippen LogP contribution is -2.41. The van der Waals surface area contributed by atoms with Gasteiger partial charge in [0.2, 0.25) is 5.91 Å². The molecule has 0 bridgehead atoms. The summed E-state index contributed by atoms with van der Waals surface area (Å²) in [6.45, 7) is 0.727. The Labute approximate surface area is 279 Å². The van der Waals surface area contributed by atoms with E-state index in [4.69, 9.17) is 21.1 Å². The predicted octanol–water partition coefficient (Wildman–Crippen LogP) is 6.74. The molecule has 0 unspecified atom stereocenters. The van der Waals surface area contributed by atoms with Crippen molar-refractivity contribution in [1.29, 1.82) is 0 Å². The van der Waals surface area contributed by atoms with Crippen LogP contribution in [0.5, 0.6) is 0 Å². The highest BCUT2D eigenvalue weighted by Crippen LogP contribution is 2.32. The average molecular weight is 668 g/mol. The van der Waals surface area contributed by atoms with E-state index in [1.54, 1.807) is 11.1 Å². The Kier molecular flexibility index (Phi) is 10.5. The summed E-state index contributed by atoms with van der Waals surface area (Å²) in [4.78, 5) is 40.0. The van der Waals surface area contributed by atoms with Crippen molar-refractivity contribution in [2.75, 3.05) is 18.5 Å². The van der Waals surface area contributed by atoms with Gasteiger partial charge in [-0.1, -0.05) is 49.1 Å². The van der Waals surface area contributed by atoms with E-state index < -0.39 is 17.7 Å². The van der Waals surface area contributed by atoms with Crippen LogP contribution in [0.15, 0.2) is 42.6 Å². The number of carbonyl (C=O) groups excluding carboxylic acids is 2. The number of carbonyl (C=O) groups is 3. The number of nitrogens with zero attached hydrogens (tertiary/aromatic N) is 2. The lowest BCUT2D eigenvalue weighted by atomic mass is 9.87. The first-order valence-corrected chi connectivity index (χ1v) is 17.2. The molecular formula is C36H43ClFN3O6. The van der Waals surface area contributed by atoms with E-state index in [1.807, 2.05) is 35.9 Å². The number of aliphatic carboxylic acids is 1. The van der Waals surface area contributed by atoms with Crippen LogP contribution in [-0.4, -0.2) is 69.9 Å². The minimum absolute atomic E-state index is 0.0475. The van der Waals surface area contributed by atoms with Gasteiger partial charge in [-0.05, 0) is 68.7 Å². The normalized spacial score (nSPS) is 23.7. The molecule has 1 aliphatic heterocycles. The summed E-state index contributed by atoms with van der Waals surface area (Å²) in [5, 5.41) is 13.0. The second-order valence-corrected chi connectivity index (χ2v) is 13.7. The van der Waals surface area contributed by atoms with Crippen molar-refractivity contribution in [1.82, 2.24) is 9.47 Å². The molecule has 11 heteroatoms. The molecule has 2 aliphatic carbocycles. The molecule has 0 spiro atoms. The summed E-state index contributed by atoms with van der Waals surface area (Å²) < 4.78 is 30.0. The number of fused-ring (bicyclic) bond motifs is 1. The molecule has 2 saturated carbocycles. The van der Waals surface area contributed by atoms with Crippen LogP contribution >= 0.6 is 11.6 Å². The molecule has 252 valence electrons. The van der Waals surface area contributed by atoms with Crippen molar-refractivity contribution >= 4 is 46.0 Å². The standard InChI is InChI=1S/C36H43ClFN3O6/c1-40-20-29(28-9-5-6-10-33(28)40)35(43)39-32-18-31(38)23(15-30(32)37)16-34(42)41-19-27(47-26-7-3-2-4-8-26)17-24(41)21-46-25-13-11-22(12-14-25)36(44)45/h5-6,9-10,15,18,20,22,24-27H,2-4,7-8,11-14,16-17,19,21H2,1H3,(H,39,43)(H,44,45)/t22?,24-,25?,27-/m0/s1. The lowest BCUT2D eigenvalue weighted by Gasteiger charge is -2.30. The molecule has 1 saturated heterocycles. The first-order chi connectivity index (χ1) is 22.7. The second kappa shape index (κ2) is 14.7. The van der Waals surface area contributed by atoms with Crippen LogP contribution in [0.3, 0.4) is 0 Å². The molecule has 2 atom stereocenters. The van der Waals surface area contributed by atoms with Crippen LogP contribution in [0.2, 0.25) is 5.02 Å². The molecule has 3 aromatic rings. The van der Waals surface area contributed by atoms with Crippen LogP contribution in [0, 0.1) is 11.7 Å². The van der Waals surface area contributed by atoms with Gasteiger partial charge < -0.3 is 29.4 Å². The maximum absolute atomic E-state index is 15.5. The largest absolute Gasteiger partial charge is 0.481 e. The molecule has 2 N–H and O–H groups in total. The first kappa shape index (κ1) is 33.4. The number of likely N-dealkylation sites (tertiary alicyclic amines) is 1. The molecular weight excluding hydrogens is 625 g/mol. The number of rotatable bonds is 10. The topological polar surface area (TPSA) is 110 Å². The molecule has 2 aromatic carbocycles. The summed E-state index contributed by atoms with van der Waals surface area (Å²) in [5.74, 6) is -2.37. The van der Waals surface area contributed by atoms with Crippen molar-refractivity contribution < 1.29 is 33.4 Å². The Balaban J connectivity index is 1.12. The number of amides is 2. The number of carboxylic acid groups (broad SMARTS) is 1. The Morgan fingerprint density at radius 2 is 1.74 bits per heavy atom. The maximum Gasteiger partial charge on any atom is 0.306 e. The van der Waals surface area contributed by atoms with E-state index in [0.29, 0.717) is 50.8 Å². The van der Waals surface area contributed by atoms with Gasteiger partial charge in [-0.2, -0.15) is 0 Å². The zero-order valence-corrected chi connectivity index (χ0v) is 27.5. The number of ether oxygens (including phenoxy) is 2. The van der Waals surface area contributed by atoms with Crippen molar-refractivity contribution in [3.05, 3.63) is 64.6 Å². The molecule has 47 heavy (non-hydrogen) atoms. The number of halogens is 2. The summed E-state index contributed by atoms with van der Waals surface area (Å²) in [6.07, 6.45) is 10.2. The summed E-state index contributed by atoms with van der Waals surface area (Å²) in [6, 6.07) is 9.86. The van der Waals surface area contributed by atoms with Crippen molar-refractivity contribution in [3.63, 3.8) is 0 Å². The number of nitrogens with one attached hydrogen (secondary N) is 1. The Morgan fingerprint density at radius 1 is 1.00 bits per heavy atom. The third-order valence-electron chi connectivity index (χ3n) is 10.0. The van der Waals surface area contributed by atoms with Gasteiger partial charge in [-0.15, -0.1) is 0 Å². The van der Waals surface area contributed by atoms with E-state index in [2.05, 4.69) is 5.32 Å². The number of benzene rings is 2. The Bertz CT molecular complexity index is 1610. The van der Waals surface area contributed by atoms with Crippen molar-refractivity contribution in [2.45, 2.75) is 95.0 Å². The van der Waals surface area contributed by atoms with Crippen molar-refractivity contribution in [2.24, 2.45) is 13.0 Å². The lowest BCUT2D eigenvalue weighted by molar-refractivity contribution is -0.144. The van der Waals surface area contributed by atoms with Gasteiger partial charge >= 0.3 is 5.97 Å². The minimum atomic E-state index is -0.758. The number of aromatic nitrogens is 1. The summed E-state index contributed by atoms with van der Waals surface area (Å²) >= 11 is 6.54. The fourth-order valence-corrected chi connectivity index (χ4v) is 7.66. The first-order valence-electron chi connectivity index (χ1n) is 16.8. The van der Waals surface area contributed by atoms with Gasteiger partial charge in [0.1, 0.15) is 5.82 Å². The summed E-state index contributed by atoms with van der Waals surface area (Å²) in [5.41, 5.74) is 1.61. The molecule has 2 heterocycles. The number of para-hydroxylation sites is 1. The van der Waals surface area contributed by atoms with Gasteiger partial charge in [0, 0.05) is 30.7 Å². The number of hydrogen-bond donors (Lipinski definition) is 2. The molecule has 3 fully saturated rings. The molecule has 6 rings (SSSR count). The van der Waals surface area contributed by atoms with Crippen molar-refractivity contribution in [3.8, 4) is 0 Å². The molecule has 9 nitrogen and oxygen atoms in total. The number of hydrogen-bond acceptors (Lipinski definition) is 5. The zero-order valence-electron chi connectivity index (χ0n) is 26.8. The van der Waals surface area contributed by atoms with Crippen LogP contribution in [-0.2, 0) is 32.5 Å². The van der Waals surface area contributed by atoms with Crippen LogP contribution in [0.25, 0.3) is 10.9 Å². The predicted molar refractivity (Wildman–Crippen MR) is 177 cm³/mol. The van der Waals surface area contributed by atoms with E-state index in [1.165, 1.54) is 18.6 Å². The monoisotopic (exact) mass is 667 g/mol. The summed E-state index contributed by atoms with van der Waals surface area (Å²) in [7, 11) is 1.85. The fourth-order valence-electron chi connectivity index (χ4n) is 7.43. The number of anilines is 1. The number of carboxylic acids is 1. The highest BCUT2D eigenvalue weighted by Gasteiger charge is 2.38. The van der Waals surface area contributed by atoms with E-state index in [9.17, 15) is 19.5 Å². The highest BCUT2D eigenvalue weighted by molar-refractivity contribution is 6.34. The van der Waals surface area contributed by atoms with Crippen LogP contribution in [0.1, 0.15) is 80.1 Å². The molecule has 2 amide bonds. The molecule has 1 aromatic heterocycles. The Hall–Kier alpha value is -3.47. The van der Waals surface area contributed by atoms with Gasteiger partial charge in [0.25, 0.3) is 5.91 Å². The van der Waals surface area contributed by atoms with Gasteiger partial charge in [0.15, 0.2) is 0 Å². The Morgan fingerprint density at radius 3 is 2.49 bits per heavy atom. The SMILES string of the molecule is Cn1cc(C(=O)Nc2cc(F)c(CC(=O)N3C[C@@H](OC4CCCCC4)C[C@H]3COC3CCC(C(=O)O)CC3)cc2Cl)c2ccccc21. The molecule has 3 aliphatic rings. The quantitative estimate of drug-likeness (QED) is 0.248. The van der Waals surface area contributed by atoms with Gasteiger partial charge in [-0.3, -0.25) is 14.4 Å². The maximum atomic E-state index is 15.5. The smallest absolute Gasteiger partial charge is 0.306 e. The van der Waals surface area contributed by atoms with Gasteiger partial charge in [-0.25, -0.2) is 4.39 Å². The third kappa shape index (κ3) is 7.82. The minimum Gasteiger partial charge on any atom is -0.481 e. The van der Waals surface area contributed by atoms with E-state index >= 15 is 4.39 Å². The van der Waals surface area contributed by atoms with Crippen LogP contribution in [0.4, 0.5) is 10.1 Å². The number of aryl methyl sites for hydroxylation is 1. The van der Waals surface area contributed by atoms with E-state index in [-0.39, 0.29) is 58.9 Å². The van der Waals surface area contributed by atoms with E-state index in [0.717, 1.165) is 36.6 Å². The highest BCUT2D eigenvalue weighted by atomic mass is 35.5. The second-order valence-electron chi connectivity index (χ2n) is 13.3. The zero-order chi connectivity index (χ0) is 33.1. The average Bonchev–Trinajstić information content (AvgIpc) is 3.63. The third-order valence-corrected chi connectivity index (χ3v) is 10.4.